The Bertz CT molecular complexity index is 415. The van der Waals surface area contributed by atoms with Crippen molar-refractivity contribution in [2.75, 3.05) is 25.9 Å². The maximum atomic E-state index is 12.1. The third kappa shape index (κ3) is 2.52. The summed E-state index contributed by atoms with van der Waals surface area (Å²) in [5.74, 6) is 0.0255. The molecule has 0 saturated carbocycles. The number of likely N-dealkylation sites (tertiary alicyclic amines) is 1. The van der Waals surface area contributed by atoms with E-state index in [0.717, 1.165) is 6.42 Å². The van der Waals surface area contributed by atoms with Crippen LogP contribution in [0.1, 0.15) is 22.6 Å². The molecule has 0 radical (unpaired) electrons. The third-order valence-electron chi connectivity index (χ3n) is 2.86. The van der Waals surface area contributed by atoms with E-state index in [4.69, 9.17) is 10.5 Å². The second kappa shape index (κ2) is 4.67. The number of nitrogen functional groups attached to an aromatic ring is 1. The Morgan fingerprint density at radius 1 is 1.59 bits per heavy atom. The highest BCUT2D eigenvalue weighted by molar-refractivity contribution is 5.92. The molecular formula is C11H16N4O2. The molecule has 1 amide bonds. The van der Waals surface area contributed by atoms with Crippen LogP contribution in [0.5, 0.6) is 0 Å². The van der Waals surface area contributed by atoms with Crippen molar-refractivity contribution in [3.05, 3.63) is 17.5 Å². The SMILES string of the molecule is COC1CCN(C(=O)c2cc(C)nc(N)n2)C1. The highest BCUT2D eigenvalue weighted by Gasteiger charge is 2.27. The summed E-state index contributed by atoms with van der Waals surface area (Å²) >= 11 is 0. The van der Waals surface area contributed by atoms with Crippen LogP contribution in [0.3, 0.4) is 0 Å². The average Bonchev–Trinajstić information content (AvgIpc) is 2.75. The molecule has 0 bridgehead atoms. The quantitative estimate of drug-likeness (QED) is 0.794. The van der Waals surface area contributed by atoms with Gasteiger partial charge in [-0.25, -0.2) is 9.97 Å². The average molecular weight is 236 g/mol. The first-order chi connectivity index (χ1) is 8.10. The maximum absolute atomic E-state index is 12.1. The Morgan fingerprint density at radius 2 is 2.35 bits per heavy atom. The van der Waals surface area contributed by atoms with Crippen LogP contribution in [0.15, 0.2) is 6.07 Å². The van der Waals surface area contributed by atoms with E-state index >= 15 is 0 Å². The first kappa shape index (κ1) is 11.8. The van der Waals surface area contributed by atoms with Gasteiger partial charge in [0.25, 0.3) is 5.91 Å². The van der Waals surface area contributed by atoms with Crippen molar-refractivity contribution in [3.8, 4) is 0 Å². The molecule has 1 atom stereocenters. The first-order valence-electron chi connectivity index (χ1n) is 5.53. The number of methoxy groups -OCH3 is 1. The third-order valence-corrected chi connectivity index (χ3v) is 2.86. The largest absolute Gasteiger partial charge is 0.380 e. The van der Waals surface area contributed by atoms with Crippen molar-refractivity contribution in [1.82, 2.24) is 14.9 Å². The minimum atomic E-state index is -0.109. The van der Waals surface area contributed by atoms with Gasteiger partial charge >= 0.3 is 0 Å². The highest BCUT2D eigenvalue weighted by Crippen LogP contribution is 2.15. The van der Waals surface area contributed by atoms with Gasteiger partial charge in [0.1, 0.15) is 5.69 Å². The van der Waals surface area contributed by atoms with Crippen LogP contribution < -0.4 is 5.73 Å². The van der Waals surface area contributed by atoms with E-state index in [2.05, 4.69) is 9.97 Å². The number of rotatable bonds is 2. The van der Waals surface area contributed by atoms with Crippen molar-refractivity contribution in [3.63, 3.8) is 0 Å². The number of carbonyl (C=O) groups excluding carboxylic acids is 1. The topological polar surface area (TPSA) is 81.3 Å². The lowest BCUT2D eigenvalue weighted by atomic mass is 10.3. The van der Waals surface area contributed by atoms with Gasteiger partial charge in [-0.1, -0.05) is 0 Å². The van der Waals surface area contributed by atoms with Gasteiger partial charge < -0.3 is 15.4 Å². The van der Waals surface area contributed by atoms with Gasteiger partial charge in [-0.3, -0.25) is 4.79 Å². The molecule has 92 valence electrons. The molecule has 1 unspecified atom stereocenters. The van der Waals surface area contributed by atoms with Crippen molar-refractivity contribution >= 4 is 11.9 Å². The Hall–Kier alpha value is -1.69. The lowest BCUT2D eigenvalue weighted by molar-refractivity contribution is 0.0719. The van der Waals surface area contributed by atoms with Gasteiger partial charge in [-0.05, 0) is 19.4 Å². The smallest absolute Gasteiger partial charge is 0.272 e. The van der Waals surface area contributed by atoms with Crippen molar-refractivity contribution in [1.29, 1.82) is 0 Å². The minimum absolute atomic E-state index is 0.109. The van der Waals surface area contributed by atoms with Gasteiger partial charge in [0.05, 0.1) is 6.10 Å². The number of amides is 1. The van der Waals surface area contributed by atoms with E-state index in [1.807, 2.05) is 0 Å². The molecule has 1 saturated heterocycles. The lowest BCUT2D eigenvalue weighted by Crippen LogP contribution is -2.31. The number of ether oxygens (including phenoxy) is 1. The molecule has 2 N–H and O–H groups in total. The standard InChI is InChI=1S/C11H16N4O2/c1-7-5-9(14-11(12)13-7)10(16)15-4-3-8(6-15)17-2/h5,8H,3-4,6H2,1-2H3,(H2,12,13,14). The van der Waals surface area contributed by atoms with Crippen molar-refractivity contribution in [2.24, 2.45) is 0 Å². The van der Waals surface area contributed by atoms with Crippen LogP contribution in [0.4, 0.5) is 5.95 Å². The zero-order chi connectivity index (χ0) is 12.4. The normalized spacial score (nSPS) is 19.6. The fourth-order valence-corrected chi connectivity index (χ4v) is 1.97. The molecular weight excluding hydrogens is 220 g/mol. The van der Waals surface area contributed by atoms with E-state index < -0.39 is 0 Å². The van der Waals surface area contributed by atoms with Crippen molar-refractivity contribution in [2.45, 2.75) is 19.4 Å². The molecule has 6 heteroatoms. The summed E-state index contributed by atoms with van der Waals surface area (Å²) in [6.45, 7) is 3.09. The lowest BCUT2D eigenvalue weighted by Gasteiger charge is -2.15. The summed E-state index contributed by atoms with van der Waals surface area (Å²) in [6.07, 6.45) is 0.987. The molecule has 1 aliphatic heterocycles. The Morgan fingerprint density at radius 3 is 2.94 bits per heavy atom. The Kier molecular flexibility index (Phi) is 3.23. The summed E-state index contributed by atoms with van der Waals surface area (Å²) in [7, 11) is 1.66. The number of aromatic nitrogens is 2. The maximum Gasteiger partial charge on any atom is 0.272 e. The molecule has 6 nitrogen and oxygen atoms in total. The van der Waals surface area contributed by atoms with Crippen LogP contribution in [0, 0.1) is 6.92 Å². The number of anilines is 1. The van der Waals surface area contributed by atoms with Crippen LogP contribution >= 0.6 is 0 Å². The molecule has 1 aliphatic rings. The molecule has 17 heavy (non-hydrogen) atoms. The van der Waals surface area contributed by atoms with Gasteiger partial charge in [0.15, 0.2) is 0 Å². The molecule has 0 aromatic carbocycles. The van der Waals surface area contributed by atoms with Crippen LogP contribution in [-0.2, 0) is 4.74 Å². The van der Waals surface area contributed by atoms with Crippen LogP contribution in [-0.4, -0.2) is 47.1 Å². The summed E-state index contributed by atoms with van der Waals surface area (Å²) in [5.41, 5.74) is 6.58. The van der Waals surface area contributed by atoms with Gasteiger partial charge in [0, 0.05) is 25.9 Å². The van der Waals surface area contributed by atoms with E-state index in [1.165, 1.54) is 0 Å². The second-order valence-corrected chi connectivity index (χ2v) is 4.15. The van der Waals surface area contributed by atoms with E-state index in [9.17, 15) is 4.79 Å². The van der Waals surface area contributed by atoms with E-state index in [-0.39, 0.29) is 18.0 Å². The molecule has 1 aromatic heterocycles. The molecule has 1 aromatic rings. The molecule has 0 aliphatic carbocycles. The summed E-state index contributed by atoms with van der Waals surface area (Å²) in [4.78, 5) is 21.8. The summed E-state index contributed by atoms with van der Waals surface area (Å²) < 4.78 is 5.22. The van der Waals surface area contributed by atoms with E-state index in [1.54, 1.807) is 25.0 Å². The Labute approximate surface area is 99.8 Å². The van der Waals surface area contributed by atoms with Gasteiger partial charge in [-0.2, -0.15) is 0 Å². The predicted octanol–water partition coefficient (Wildman–Crippen LogP) is 0.228. The predicted molar refractivity (Wildman–Crippen MR) is 62.5 cm³/mol. The van der Waals surface area contributed by atoms with Crippen LogP contribution in [0.25, 0.3) is 0 Å². The second-order valence-electron chi connectivity index (χ2n) is 4.15. The fourth-order valence-electron chi connectivity index (χ4n) is 1.97. The fraction of sp³-hybridized carbons (Fsp3) is 0.545. The zero-order valence-electron chi connectivity index (χ0n) is 10.0. The van der Waals surface area contributed by atoms with Gasteiger partial charge in [-0.15, -0.1) is 0 Å². The summed E-state index contributed by atoms with van der Waals surface area (Å²) in [5, 5.41) is 0. The number of hydrogen-bond acceptors (Lipinski definition) is 5. The molecule has 2 rings (SSSR count). The summed E-state index contributed by atoms with van der Waals surface area (Å²) in [6, 6.07) is 1.65. The van der Waals surface area contributed by atoms with Crippen molar-refractivity contribution < 1.29 is 9.53 Å². The number of nitrogens with two attached hydrogens (primary N) is 1. The van der Waals surface area contributed by atoms with Gasteiger partial charge in [0.2, 0.25) is 5.95 Å². The number of hydrogen-bond donors (Lipinski definition) is 1. The van der Waals surface area contributed by atoms with Crippen LogP contribution in [0.2, 0.25) is 0 Å². The molecule has 1 fully saturated rings. The molecule has 2 heterocycles. The first-order valence-corrected chi connectivity index (χ1v) is 5.53. The number of aryl methyl sites for hydroxylation is 1. The monoisotopic (exact) mass is 236 g/mol. The number of nitrogens with zero attached hydrogens (tertiary/aromatic N) is 3. The minimum Gasteiger partial charge on any atom is -0.380 e. The number of carbonyl (C=O) groups is 1. The molecule has 0 spiro atoms. The Balaban J connectivity index is 2.14. The highest BCUT2D eigenvalue weighted by atomic mass is 16.5. The van der Waals surface area contributed by atoms with E-state index in [0.29, 0.717) is 24.5 Å². The zero-order valence-corrected chi connectivity index (χ0v) is 10.0.